The van der Waals surface area contributed by atoms with Gasteiger partial charge in [0.15, 0.2) is 5.69 Å². The van der Waals surface area contributed by atoms with Gasteiger partial charge in [-0.25, -0.2) is 0 Å². The van der Waals surface area contributed by atoms with Crippen molar-refractivity contribution in [3.8, 4) is 0 Å². The molecule has 1 amide bonds. The van der Waals surface area contributed by atoms with E-state index in [1.54, 1.807) is 12.4 Å². The Morgan fingerprint density at radius 1 is 1.06 bits per heavy atom. The number of benzene rings is 1. The smallest absolute Gasteiger partial charge is 0.274 e. The van der Waals surface area contributed by atoms with Crippen molar-refractivity contribution in [3.63, 3.8) is 0 Å². The molecular weight excluding hydrogens is 390 g/mol. The highest BCUT2D eigenvalue weighted by atomic mass is 16.5. The normalized spacial score (nSPS) is 12.0. The van der Waals surface area contributed by atoms with E-state index in [9.17, 15) is 4.79 Å². The number of rotatable bonds is 6. The summed E-state index contributed by atoms with van der Waals surface area (Å²) < 4.78 is 5.40. The van der Waals surface area contributed by atoms with Gasteiger partial charge < -0.3 is 9.84 Å². The number of H-pyrrole nitrogens is 1. The van der Waals surface area contributed by atoms with Gasteiger partial charge in [-0.15, -0.1) is 0 Å². The van der Waals surface area contributed by atoms with Crippen LogP contribution in [0.3, 0.4) is 0 Å². The van der Waals surface area contributed by atoms with Gasteiger partial charge in [0, 0.05) is 35.6 Å². The molecule has 0 unspecified atom stereocenters. The molecule has 2 N–H and O–H groups in total. The Hall–Kier alpha value is -3.74. The van der Waals surface area contributed by atoms with Crippen LogP contribution in [-0.4, -0.2) is 26.2 Å². The molecule has 7 nitrogen and oxygen atoms in total. The van der Waals surface area contributed by atoms with E-state index in [1.165, 1.54) is 0 Å². The van der Waals surface area contributed by atoms with E-state index in [0.29, 0.717) is 17.9 Å². The first kappa shape index (κ1) is 20.5. The second-order valence-electron chi connectivity index (χ2n) is 7.76. The lowest BCUT2D eigenvalue weighted by Gasteiger charge is -2.19. The third kappa shape index (κ3) is 4.26. The molecule has 0 aliphatic rings. The molecule has 0 saturated carbocycles. The average Bonchev–Trinajstić information content (AvgIpc) is 3.30. The monoisotopic (exact) mass is 415 g/mol. The van der Waals surface area contributed by atoms with Crippen LogP contribution in [0.1, 0.15) is 61.5 Å². The first-order chi connectivity index (χ1) is 14.9. The Kier molecular flexibility index (Phi) is 5.66. The number of aryl methyl sites for hydroxylation is 4. The van der Waals surface area contributed by atoms with Gasteiger partial charge >= 0.3 is 0 Å². The maximum absolute atomic E-state index is 13.3. The van der Waals surface area contributed by atoms with Crippen molar-refractivity contribution in [2.45, 2.75) is 40.2 Å². The van der Waals surface area contributed by atoms with E-state index in [0.717, 1.165) is 39.2 Å². The average molecular weight is 415 g/mol. The maximum Gasteiger partial charge on any atom is 0.274 e. The lowest BCUT2D eigenvalue weighted by atomic mass is 9.98. The van der Waals surface area contributed by atoms with Crippen LogP contribution in [0.5, 0.6) is 0 Å². The quantitative estimate of drug-likeness (QED) is 0.493. The zero-order valence-corrected chi connectivity index (χ0v) is 18.1. The number of pyridine rings is 1. The minimum Gasteiger partial charge on any atom is -0.361 e. The molecule has 31 heavy (non-hydrogen) atoms. The zero-order valence-electron chi connectivity index (χ0n) is 18.1. The largest absolute Gasteiger partial charge is 0.361 e. The van der Waals surface area contributed by atoms with Gasteiger partial charge in [-0.1, -0.05) is 41.1 Å². The fraction of sp³-hybridized carbons (Fsp3) is 0.250. The first-order valence-corrected chi connectivity index (χ1v) is 10.2. The highest BCUT2D eigenvalue weighted by Gasteiger charge is 2.25. The van der Waals surface area contributed by atoms with Gasteiger partial charge in [-0.3, -0.25) is 14.9 Å². The molecule has 4 aromatic rings. The molecule has 3 aromatic heterocycles. The highest BCUT2D eigenvalue weighted by Crippen LogP contribution is 2.25. The Balaban J connectivity index is 1.66. The molecule has 7 heteroatoms. The second kappa shape index (κ2) is 8.55. The van der Waals surface area contributed by atoms with Crippen molar-refractivity contribution in [1.82, 2.24) is 25.7 Å². The highest BCUT2D eigenvalue weighted by molar-refractivity contribution is 5.94. The van der Waals surface area contributed by atoms with Crippen LogP contribution in [0.2, 0.25) is 0 Å². The van der Waals surface area contributed by atoms with E-state index in [4.69, 9.17) is 4.52 Å². The predicted molar refractivity (Wildman–Crippen MR) is 117 cm³/mol. The van der Waals surface area contributed by atoms with Crippen LogP contribution < -0.4 is 5.32 Å². The van der Waals surface area contributed by atoms with E-state index >= 15 is 0 Å². The van der Waals surface area contributed by atoms with E-state index in [2.05, 4.69) is 25.7 Å². The number of hydrogen-bond donors (Lipinski definition) is 2. The van der Waals surface area contributed by atoms with Crippen LogP contribution in [-0.2, 0) is 6.42 Å². The van der Waals surface area contributed by atoms with Gasteiger partial charge in [0.05, 0.1) is 11.7 Å². The summed E-state index contributed by atoms with van der Waals surface area (Å²) in [5.41, 5.74) is 6.98. The van der Waals surface area contributed by atoms with Gasteiger partial charge in [0.2, 0.25) is 0 Å². The van der Waals surface area contributed by atoms with E-state index in [1.807, 2.05) is 64.1 Å². The summed E-state index contributed by atoms with van der Waals surface area (Å²) in [4.78, 5) is 17.5. The van der Waals surface area contributed by atoms with E-state index in [-0.39, 0.29) is 11.9 Å². The van der Waals surface area contributed by atoms with Crippen LogP contribution in [0.25, 0.3) is 0 Å². The number of carbonyl (C=O) groups is 1. The molecule has 3 heterocycles. The molecule has 4 rings (SSSR count). The Bertz CT molecular complexity index is 1170. The summed E-state index contributed by atoms with van der Waals surface area (Å²) in [7, 11) is 0. The molecule has 0 fully saturated rings. The summed E-state index contributed by atoms with van der Waals surface area (Å²) in [6, 6.07) is 11.5. The molecule has 0 bridgehead atoms. The van der Waals surface area contributed by atoms with Gasteiger partial charge in [-0.2, -0.15) is 5.10 Å². The summed E-state index contributed by atoms with van der Waals surface area (Å²) in [6.45, 7) is 7.76. The lowest BCUT2D eigenvalue weighted by Crippen LogP contribution is -2.30. The van der Waals surface area contributed by atoms with Crippen molar-refractivity contribution in [2.75, 3.05) is 0 Å². The third-order valence-electron chi connectivity index (χ3n) is 5.54. The molecule has 0 radical (unpaired) electrons. The number of aromatic nitrogens is 4. The number of carbonyl (C=O) groups excluding carboxylic acids is 1. The Morgan fingerprint density at radius 2 is 1.84 bits per heavy atom. The minimum absolute atomic E-state index is 0.290. The number of hydrogen-bond acceptors (Lipinski definition) is 5. The number of nitrogens with zero attached hydrogens (tertiary/aromatic N) is 3. The van der Waals surface area contributed by atoms with Crippen LogP contribution in [0, 0.1) is 27.7 Å². The number of amides is 1. The van der Waals surface area contributed by atoms with Crippen LogP contribution in [0.15, 0.2) is 53.3 Å². The van der Waals surface area contributed by atoms with E-state index < -0.39 is 0 Å². The number of aromatic amines is 1. The fourth-order valence-corrected chi connectivity index (χ4v) is 3.65. The fourth-order valence-electron chi connectivity index (χ4n) is 3.65. The van der Waals surface area contributed by atoms with Gasteiger partial charge in [0.1, 0.15) is 5.76 Å². The Labute approximate surface area is 180 Å². The van der Waals surface area contributed by atoms with Crippen LogP contribution in [0.4, 0.5) is 0 Å². The topological polar surface area (TPSA) is 96.7 Å². The summed E-state index contributed by atoms with van der Waals surface area (Å²) in [6.07, 6.45) is 4.00. The van der Waals surface area contributed by atoms with Crippen molar-refractivity contribution in [1.29, 1.82) is 0 Å². The van der Waals surface area contributed by atoms with Crippen LogP contribution >= 0.6 is 0 Å². The Morgan fingerprint density at radius 3 is 2.48 bits per heavy atom. The second-order valence-corrected chi connectivity index (χ2v) is 7.76. The van der Waals surface area contributed by atoms with Gasteiger partial charge in [-0.05, 0) is 44.9 Å². The molecule has 1 atom stereocenters. The van der Waals surface area contributed by atoms with Gasteiger partial charge in [0.25, 0.3) is 5.91 Å². The predicted octanol–water partition coefficient (Wildman–Crippen LogP) is 4.14. The van der Waals surface area contributed by atoms with Crippen molar-refractivity contribution in [2.24, 2.45) is 0 Å². The summed E-state index contributed by atoms with van der Waals surface area (Å²) in [5.74, 6) is 0.332. The number of nitrogens with one attached hydrogen (secondary N) is 2. The zero-order chi connectivity index (χ0) is 22.0. The molecule has 0 spiro atoms. The molecule has 1 aromatic carbocycles. The standard InChI is InChI=1S/C24H25N5O2/c1-14-7-9-18(10-8-14)22(19-6-5-11-25-13-19)26-24(30)23-21(17(4)31-29-23)12-20-15(2)27-28-16(20)3/h5-11,13,22H,12H2,1-4H3,(H,26,30)(H,27,28)/t22-/m0/s1. The van der Waals surface area contributed by atoms with Crippen molar-refractivity contribution in [3.05, 3.63) is 99.5 Å². The molecule has 158 valence electrons. The van der Waals surface area contributed by atoms with Crippen molar-refractivity contribution < 1.29 is 9.32 Å². The SMILES string of the molecule is Cc1ccc([C@H](NC(=O)c2noc(C)c2Cc2c(C)n[nH]c2C)c2cccnc2)cc1. The van der Waals surface area contributed by atoms with Crippen molar-refractivity contribution >= 4 is 5.91 Å². The molecule has 0 aliphatic carbocycles. The lowest BCUT2D eigenvalue weighted by molar-refractivity contribution is 0.0933. The maximum atomic E-state index is 13.3. The first-order valence-electron chi connectivity index (χ1n) is 10.2. The molecule has 0 saturated heterocycles. The third-order valence-corrected chi connectivity index (χ3v) is 5.54. The minimum atomic E-state index is -0.357. The summed E-state index contributed by atoms with van der Waals surface area (Å²) >= 11 is 0. The molecule has 0 aliphatic heterocycles. The summed E-state index contributed by atoms with van der Waals surface area (Å²) in [5, 5.41) is 14.4. The molecular formula is C24H25N5O2.